The highest BCUT2D eigenvalue weighted by molar-refractivity contribution is 6.05. The predicted octanol–water partition coefficient (Wildman–Crippen LogP) is 1.99. The van der Waals surface area contributed by atoms with Gasteiger partial charge in [0, 0.05) is 30.6 Å². The molecular formula is C15H15F3N4O2. The summed E-state index contributed by atoms with van der Waals surface area (Å²) in [6, 6.07) is 4.28. The smallest absolute Gasteiger partial charge is 0.406 e. The van der Waals surface area contributed by atoms with E-state index in [0.29, 0.717) is 23.5 Å². The Morgan fingerprint density at radius 2 is 2.12 bits per heavy atom. The average Bonchev–Trinajstić information content (AvgIpc) is 3.17. The molecular weight excluding hydrogens is 325 g/mol. The summed E-state index contributed by atoms with van der Waals surface area (Å²) in [6.45, 7) is 1.42. The van der Waals surface area contributed by atoms with E-state index >= 15 is 0 Å². The minimum atomic E-state index is -4.78. The molecule has 1 N–H and O–H groups in total. The van der Waals surface area contributed by atoms with Crippen LogP contribution in [0.25, 0.3) is 10.9 Å². The van der Waals surface area contributed by atoms with Gasteiger partial charge in [0.2, 0.25) is 0 Å². The normalized spacial score (nSPS) is 24.1. The third-order valence-electron chi connectivity index (χ3n) is 4.75. The molecule has 2 aliphatic rings. The van der Waals surface area contributed by atoms with Crippen LogP contribution in [0.1, 0.15) is 16.9 Å². The molecule has 0 saturated carbocycles. The van der Waals surface area contributed by atoms with Crippen molar-refractivity contribution < 1.29 is 22.7 Å². The van der Waals surface area contributed by atoms with Crippen LogP contribution in [-0.2, 0) is 0 Å². The van der Waals surface area contributed by atoms with Crippen molar-refractivity contribution in [1.29, 1.82) is 0 Å². The van der Waals surface area contributed by atoms with E-state index in [2.05, 4.69) is 19.8 Å². The van der Waals surface area contributed by atoms with Crippen LogP contribution < -0.4 is 4.74 Å². The summed E-state index contributed by atoms with van der Waals surface area (Å²) in [6.07, 6.45) is -3.85. The van der Waals surface area contributed by atoms with Gasteiger partial charge in [0.25, 0.3) is 5.91 Å². The highest BCUT2D eigenvalue weighted by atomic mass is 19.4. The maximum Gasteiger partial charge on any atom is 0.573 e. The van der Waals surface area contributed by atoms with Crippen molar-refractivity contribution in [2.24, 2.45) is 0 Å². The van der Waals surface area contributed by atoms with Crippen molar-refractivity contribution >= 4 is 16.8 Å². The van der Waals surface area contributed by atoms with Gasteiger partial charge in [-0.05, 0) is 31.7 Å². The minimum absolute atomic E-state index is 0.132. The molecule has 0 radical (unpaired) electrons. The number of likely N-dealkylation sites (tertiary alicyclic amines) is 2. The zero-order valence-corrected chi connectivity index (χ0v) is 12.8. The van der Waals surface area contributed by atoms with E-state index in [1.54, 1.807) is 4.90 Å². The number of carbonyl (C=O) groups excluding carboxylic acids is 1. The fourth-order valence-electron chi connectivity index (χ4n) is 3.60. The Morgan fingerprint density at radius 1 is 1.33 bits per heavy atom. The highest BCUT2D eigenvalue weighted by Crippen LogP contribution is 2.32. The monoisotopic (exact) mass is 340 g/mol. The Bertz CT molecular complexity index is 802. The first-order valence-corrected chi connectivity index (χ1v) is 7.57. The number of ether oxygens (including phenoxy) is 1. The lowest BCUT2D eigenvalue weighted by Crippen LogP contribution is -2.47. The summed E-state index contributed by atoms with van der Waals surface area (Å²) >= 11 is 0. The van der Waals surface area contributed by atoms with E-state index in [9.17, 15) is 18.0 Å². The second-order valence-corrected chi connectivity index (χ2v) is 6.27. The van der Waals surface area contributed by atoms with Gasteiger partial charge in [0.15, 0.2) is 5.69 Å². The minimum Gasteiger partial charge on any atom is -0.406 e. The third-order valence-corrected chi connectivity index (χ3v) is 4.75. The molecule has 9 heteroatoms. The average molecular weight is 340 g/mol. The SMILES string of the molecule is CN1CC2C[C@H]1CN2C(=O)c1n[nH]c2ccc(OC(F)(F)F)cc12. The Kier molecular flexibility index (Phi) is 3.24. The van der Waals surface area contributed by atoms with Gasteiger partial charge in [0.05, 0.1) is 5.52 Å². The molecule has 0 aliphatic carbocycles. The number of aromatic amines is 1. The molecule has 6 nitrogen and oxygen atoms in total. The molecule has 1 aromatic heterocycles. The number of nitrogens with zero attached hydrogens (tertiary/aromatic N) is 3. The Hall–Kier alpha value is -2.29. The van der Waals surface area contributed by atoms with Crippen LogP contribution >= 0.6 is 0 Å². The zero-order chi connectivity index (χ0) is 17.1. The van der Waals surface area contributed by atoms with Gasteiger partial charge in [-0.3, -0.25) is 14.8 Å². The maximum atomic E-state index is 12.8. The van der Waals surface area contributed by atoms with Crippen molar-refractivity contribution in [1.82, 2.24) is 20.0 Å². The molecule has 128 valence electrons. The lowest BCUT2D eigenvalue weighted by Gasteiger charge is -2.31. The number of amides is 1. The summed E-state index contributed by atoms with van der Waals surface area (Å²) in [5.74, 6) is -0.626. The first-order valence-electron chi connectivity index (χ1n) is 7.57. The molecule has 2 atom stereocenters. The molecule has 2 aliphatic heterocycles. The lowest BCUT2D eigenvalue weighted by molar-refractivity contribution is -0.274. The first-order chi connectivity index (χ1) is 11.3. The quantitative estimate of drug-likeness (QED) is 0.908. The van der Waals surface area contributed by atoms with Crippen molar-refractivity contribution in [2.75, 3.05) is 20.1 Å². The molecule has 24 heavy (non-hydrogen) atoms. The summed E-state index contributed by atoms with van der Waals surface area (Å²) in [5, 5.41) is 7.04. The van der Waals surface area contributed by atoms with Crippen molar-refractivity contribution in [3.05, 3.63) is 23.9 Å². The molecule has 2 fully saturated rings. The summed E-state index contributed by atoms with van der Waals surface area (Å²) in [5.41, 5.74) is 0.627. The maximum absolute atomic E-state index is 12.8. The molecule has 1 aromatic carbocycles. The van der Waals surface area contributed by atoms with Crippen molar-refractivity contribution in [3.63, 3.8) is 0 Å². The largest absolute Gasteiger partial charge is 0.573 e. The first kappa shape index (κ1) is 15.3. The number of hydrogen-bond acceptors (Lipinski definition) is 4. The van der Waals surface area contributed by atoms with Crippen LogP contribution in [-0.4, -0.2) is 64.5 Å². The number of alkyl halides is 3. The molecule has 2 saturated heterocycles. The van der Waals surface area contributed by atoms with Gasteiger partial charge >= 0.3 is 6.36 Å². The number of hydrogen-bond donors (Lipinski definition) is 1. The molecule has 1 amide bonds. The molecule has 0 spiro atoms. The summed E-state index contributed by atoms with van der Waals surface area (Å²) < 4.78 is 41.1. The number of piperazine rings is 1. The van der Waals surface area contributed by atoms with Crippen molar-refractivity contribution in [2.45, 2.75) is 24.9 Å². The number of nitrogens with one attached hydrogen (secondary N) is 1. The van der Waals surface area contributed by atoms with E-state index in [1.165, 1.54) is 18.2 Å². The Morgan fingerprint density at radius 3 is 2.75 bits per heavy atom. The standard InChI is InChI=1S/C15H15F3N4O2/c1-21-6-9-4-8(21)7-22(9)14(23)13-11-5-10(24-15(16,17)18)2-3-12(11)19-20-13/h2-3,5,8-9H,4,6-7H2,1H3,(H,19,20)/t8-,9?/m0/s1. The van der Waals surface area contributed by atoms with E-state index in [0.717, 1.165) is 13.0 Å². The van der Waals surface area contributed by atoms with Gasteiger partial charge < -0.3 is 9.64 Å². The fourth-order valence-corrected chi connectivity index (χ4v) is 3.60. The van der Waals surface area contributed by atoms with Crippen LogP contribution in [0.4, 0.5) is 13.2 Å². The number of halogens is 3. The van der Waals surface area contributed by atoms with Crippen LogP contribution in [0.15, 0.2) is 18.2 Å². The lowest BCUT2D eigenvalue weighted by atomic mass is 10.1. The van der Waals surface area contributed by atoms with Gasteiger partial charge in [-0.1, -0.05) is 0 Å². The molecule has 4 rings (SSSR count). The second kappa shape index (κ2) is 5.10. The van der Waals surface area contributed by atoms with Gasteiger partial charge in [-0.25, -0.2) is 0 Å². The van der Waals surface area contributed by atoms with Crippen LogP contribution in [0.5, 0.6) is 5.75 Å². The van der Waals surface area contributed by atoms with Gasteiger partial charge in [-0.15, -0.1) is 13.2 Å². The molecule has 3 heterocycles. The van der Waals surface area contributed by atoms with E-state index < -0.39 is 6.36 Å². The Labute approximate surface area is 135 Å². The Balaban J connectivity index is 1.64. The number of H-pyrrole nitrogens is 1. The second-order valence-electron chi connectivity index (χ2n) is 6.27. The van der Waals surface area contributed by atoms with Crippen molar-refractivity contribution in [3.8, 4) is 5.75 Å². The zero-order valence-electron chi connectivity index (χ0n) is 12.8. The summed E-state index contributed by atoms with van der Waals surface area (Å²) in [7, 11) is 2.02. The summed E-state index contributed by atoms with van der Waals surface area (Å²) in [4.78, 5) is 16.8. The predicted molar refractivity (Wildman–Crippen MR) is 78.6 cm³/mol. The molecule has 2 aromatic rings. The van der Waals surface area contributed by atoms with Gasteiger partial charge in [0.1, 0.15) is 5.75 Å². The highest BCUT2D eigenvalue weighted by Gasteiger charge is 2.44. The van der Waals surface area contributed by atoms with E-state index in [1.807, 2.05) is 7.05 Å². The van der Waals surface area contributed by atoms with Crippen LogP contribution in [0.2, 0.25) is 0 Å². The fraction of sp³-hybridized carbons (Fsp3) is 0.467. The topological polar surface area (TPSA) is 61.5 Å². The number of aromatic nitrogens is 2. The number of carbonyl (C=O) groups is 1. The van der Waals surface area contributed by atoms with E-state index in [4.69, 9.17) is 0 Å². The number of likely N-dealkylation sites (N-methyl/N-ethyl adjacent to an activating group) is 1. The number of benzene rings is 1. The van der Waals surface area contributed by atoms with Gasteiger partial charge in [-0.2, -0.15) is 5.10 Å². The van der Waals surface area contributed by atoms with Crippen LogP contribution in [0.3, 0.4) is 0 Å². The number of rotatable bonds is 2. The number of fused-ring (bicyclic) bond motifs is 3. The van der Waals surface area contributed by atoms with E-state index in [-0.39, 0.29) is 23.4 Å². The molecule has 2 bridgehead atoms. The molecule has 1 unspecified atom stereocenters. The van der Waals surface area contributed by atoms with Crippen LogP contribution in [0, 0.1) is 0 Å². The third kappa shape index (κ3) is 2.48.